The first-order chi connectivity index (χ1) is 7.00. The number of ether oxygens (including phenoxy) is 1. The van der Waals surface area contributed by atoms with Crippen LogP contribution in [-0.2, 0) is 0 Å². The molecular formula is C12H17ClO2. The lowest BCUT2D eigenvalue weighted by molar-refractivity contribution is 0.188. The molecular weight excluding hydrogens is 212 g/mol. The first kappa shape index (κ1) is 12.3. The minimum Gasteiger partial charge on any atom is -0.493 e. The maximum atomic E-state index is 9.56. The van der Waals surface area contributed by atoms with Crippen molar-refractivity contribution in [3.63, 3.8) is 0 Å². The second kappa shape index (κ2) is 5.38. The van der Waals surface area contributed by atoms with Crippen molar-refractivity contribution in [2.45, 2.75) is 26.9 Å². The van der Waals surface area contributed by atoms with Crippen LogP contribution in [0.25, 0.3) is 0 Å². The number of hydrogen-bond donors (Lipinski definition) is 1. The SMILES string of the molecule is CC(C)COc1ccc(Cl)cc1[C@@H](C)O. The highest BCUT2D eigenvalue weighted by molar-refractivity contribution is 6.30. The number of hydrogen-bond acceptors (Lipinski definition) is 2. The smallest absolute Gasteiger partial charge is 0.125 e. The summed E-state index contributed by atoms with van der Waals surface area (Å²) in [5.74, 6) is 1.17. The number of aliphatic hydroxyl groups is 1. The molecule has 0 bridgehead atoms. The summed E-state index contributed by atoms with van der Waals surface area (Å²) in [6, 6.07) is 5.30. The van der Waals surface area contributed by atoms with Gasteiger partial charge in [0.05, 0.1) is 12.7 Å². The van der Waals surface area contributed by atoms with Crippen LogP contribution >= 0.6 is 11.6 Å². The van der Waals surface area contributed by atoms with Crippen LogP contribution < -0.4 is 4.74 Å². The van der Waals surface area contributed by atoms with E-state index >= 15 is 0 Å². The fourth-order valence-corrected chi connectivity index (χ4v) is 1.41. The third-order valence-corrected chi connectivity index (χ3v) is 2.23. The molecule has 2 nitrogen and oxygen atoms in total. The van der Waals surface area contributed by atoms with Gasteiger partial charge in [-0.25, -0.2) is 0 Å². The van der Waals surface area contributed by atoms with Gasteiger partial charge in [-0.05, 0) is 31.0 Å². The Bertz CT molecular complexity index is 321. The highest BCUT2D eigenvalue weighted by Gasteiger charge is 2.10. The highest BCUT2D eigenvalue weighted by atomic mass is 35.5. The van der Waals surface area contributed by atoms with E-state index in [9.17, 15) is 5.11 Å². The van der Waals surface area contributed by atoms with Crippen LogP contribution in [0.5, 0.6) is 5.75 Å². The average Bonchev–Trinajstić information content (AvgIpc) is 2.15. The van der Waals surface area contributed by atoms with E-state index in [-0.39, 0.29) is 0 Å². The van der Waals surface area contributed by atoms with Gasteiger partial charge in [0.2, 0.25) is 0 Å². The average molecular weight is 229 g/mol. The van der Waals surface area contributed by atoms with Crippen molar-refractivity contribution >= 4 is 11.6 Å². The van der Waals surface area contributed by atoms with Crippen LogP contribution in [0.1, 0.15) is 32.4 Å². The standard InChI is InChI=1S/C12H17ClO2/c1-8(2)7-15-12-5-4-10(13)6-11(12)9(3)14/h4-6,8-9,14H,7H2,1-3H3/t9-/m1/s1. The van der Waals surface area contributed by atoms with Crippen LogP contribution in [0.4, 0.5) is 0 Å². The van der Waals surface area contributed by atoms with Crippen molar-refractivity contribution in [3.8, 4) is 5.75 Å². The van der Waals surface area contributed by atoms with Gasteiger partial charge in [-0.2, -0.15) is 0 Å². The van der Waals surface area contributed by atoms with Crippen molar-refractivity contribution in [3.05, 3.63) is 28.8 Å². The van der Waals surface area contributed by atoms with Crippen LogP contribution in [0.15, 0.2) is 18.2 Å². The summed E-state index contributed by atoms with van der Waals surface area (Å²) in [6.07, 6.45) is -0.564. The largest absolute Gasteiger partial charge is 0.493 e. The maximum Gasteiger partial charge on any atom is 0.125 e. The van der Waals surface area contributed by atoms with Crippen molar-refractivity contribution in [2.24, 2.45) is 5.92 Å². The summed E-state index contributed by atoms with van der Waals surface area (Å²) in [5.41, 5.74) is 0.739. The minimum absolute atomic E-state index is 0.461. The normalized spacial score (nSPS) is 12.9. The Hall–Kier alpha value is -0.730. The first-order valence-electron chi connectivity index (χ1n) is 5.11. The molecule has 0 radical (unpaired) electrons. The lowest BCUT2D eigenvalue weighted by Gasteiger charge is -2.15. The van der Waals surface area contributed by atoms with Crippen LogP contribution in [-0.4, -0.2) is 11.7 Å². The third-order valence-electron chi connectivity index (χ3n) is 1.99. The molecule has 1 aromatic rings. The van der Waals surface area contributed by atoms with Crippen molar-refractivity contribution in [1.29, 1.82) is 0 Å². The van der Waals surface area contributed by atoms with Gasteiger partial charge in [0.1, 0.15) is 5.75 Å². The van der Waals surface area contributed by atoms with Crippen LogP contribution in [0.2, 0.25) is 5.02 Å². The maximum absolute atomic E-state index is 9.56. The number of halogens is 1. The van der Waals surface area contributed by atoms with Gasteiger partial charge in [-0.3, -0.25) is 0 Å². The molecule has 0 saturated carbocycles. The van der Waals surface area contributed by atoms with E-state index in [0.29, 0.717) is 23.3 Å². The Morgan fingerprint density at radius 2 is 2.00 bits per heavy atom. The molecule has 0 amide bonds. The molecule has 0 aliphatic heterocycles. The fourth-order valence-electron chi connectivity index (χ4n) is 1.23. The molecule has 0 spiro atoms. The predicted octanol–water partition coefficient (Wildman–Crippen LogP) is 3.43. The Morgan fingerprint density at radius 1 is 1.33 bits per heavy atom. The molecule has 0 aliphatic carbocycles. The third kappa shape index (κ3) is 3.73. The first-order valence-corrected chi connectivity index (χ1v) is 5.48. The zero-order valence-corrected chi connectivity index (χ0v) is 10.1. The molecule has 0 aliphatic rings. The van der Waals surface area contributed by atoms with Gasteiger partial charge >= 0.3 is 0 Å². The number of benzene rings is 1. The van der Waals surface area contributed by atoms with Crippen molar-refractivity contribution in [2.75, 3.05) is 6.61 Å². The molecule has 0 aromatic heterocycles. The van der Waals surface area contributed by atoms with Crippen LogP contribution in [0, 0.1) is 5.92 Å². The second-order valence-corrected chi connectivity index (χ2v) is 4.50. The van der Waals surface area contributed by atoms with Crippen LogP contribution in [0.3, 0.4) is 0 Å². The van der Waals surface area contributed by atoms with E-state index < -0.39 is 6.10 Å². The Labute approximate surface area is 95.8 Å². The van der Waals surface area contributed by atoms with E-state index in [1.807, 2.05) is 0 Å². The van der Waals surface area contributed by atoms with E-state index in [0.717, 1.165) is 5.56 Å². The lowest BCUT2D eigenvalue weighted by Crippen LogP contribution is -2.07. The quantitative estimate of drug-likeness (QED) is 0.856. The van der Waals surface area contributed by atoms with Crippen molar-refractivity contribution < 1.29 is 9.84 Å². The minimum atomic E-state index is -0.564. The summed E-state index contributed by atoms with van der Waals surface area (Å²) in [4.78, 5) is 0. The number of rotatable bonds is 4. The van der Waals surface area contributed by atoms with Gasteiger partial charge in [0.25, 0.3) is 0 Å². The van der Waals surface area contributed by atoms with Gasteiger partial charge in [0.15, 0.2) is 0 Å². The summed E-state index contributed by atoms with van der Waals surface area (Å²) in [5, 5.41) is 10.2. The summed E-state index contributed by atoms with van der Waals surface area (Å²) in [7, 11) is 0. The Morgan fingerprint density at radius 3 is 2.53 bits per heavy atom. The lowest BCUT2D eigenvalue weighted by atomic mass is 10.1. The van der Waals surface area contributed by atoms with Gasteiger partial charge < -0.3 is 9.84 Å². The molecule has 1 aromatic carbocycles. The van der Waals surface area contributed by atoms with E-state index in [1.54, 1.807) is 25.1 Å². The molecule has 0 saturated heterocycles. The van der Waals surface area contributed by atoms with Gasteiger partial charge in [0, 0.05) is 10.6 Å². The summed E-state index contributed by atoms with van der Waals surface area (Å²) < 4.78 is 5.60. The molecule has 0 unspecified atom stereocenters. The highest BCUT2D eigenvalue weighted by Crippen LogP contribution is 2.28. The molecule has 0 fully saturated rings. The molecule has 84 valence electrons. The zero-order valence-electron chi connectivity index (χ0n) is 9.33. The molecule has 1 atom stereocenters. The van der Waals surface area contributed by atoms with Gasteiger partial charge in [-0.1, -0.05) is 25.4 Å². The zero-order chi connectivity index (χ0) is 11.4. The van der Waals surface area contributed by atoms with E-state index in [2.05, 4.69) is 13.8 Å². The molecule has 1 N–H and O–H groups in total. The summed E-state index contributed by atoms with van der Waals surface area (Å²) >= 11 is 5.86. The fraction of sp³-hybridized carbons (Fsp3) is 0.500. The Balaban J connectivity index is 2.86. The van der Waals surface area contributed by atoms with E-state index in [1.165, 1.54) is 0 Å². The Kier molecular flexibility index (Phi) is 4.43. The number of aliphatic hydroxyl groups excluding tert-OH is 1. The predicted molar refractivity (Wildman–Crippen MR) is 62.4 cm³/mol. The molecule has 1 rings (SSSR count). The summed E-state index contributed by atoms with van der Waals surface area (Å²) in [6.45, 7) is 6.51. The molecule has 15 heavy (non-hydrogen) atoms. The monoisotopic (exact) mass is 228 g/mol. The van der Waals surface area contributed by atoms with E-state index in [4.69, 9.17) is 16.3 Å². The topological polar surface area (TPSA) is 29.5 Å². The van der Waals surface area contributed by atoms with Crippen molar-refractivity contribution in [1.82, 2.24) is 0 Å². The molecule has 0 heterocycles. The van der Waals surface area contributed by atoms with Gasteiger partial charge in [-0.15, -0.1) is 0 Å². The molecule has 3 heteroatoms. The second-order valence-electron chi connectivity index (χ2n) is 4.06.